The van der Waals surface area contributed by atoms with E-state index in [1.165, 1.54) is 6.08 Å². The molecule has 0 rings (SSSR count). The first-order valence-electron chi connectivity index (χ1n) is 1.99. The van der Waals surface area contributed by atoms with Gasteiger partial charge in [-0.15, -0.1) is 6.58 Å². The number of hydrogen-bond donors (Lipinski definition) is 1. The minimum atomic E-state index is -4.26. The van der Waals surface area contributed by atoms with Crippen LogP contribution >= 0.6 is 0 Å². The van der Waals surface area contributed by atoms with Crippen molar-refractivity contribution >= 4 is 10.4 Å². The Balaban J connectivity index is 0. The van der Waals surface area contributed by atoms with Crippen molar-refractivity contribution < 1.29 is 17.2 Å². The molecule has 0 atom stereocenters. The summed E-state index contributed by atoms with van der Waals surface area (Å²) in [5.74, 6) is 0. The van der Waals surface area contributed by atoms with Gasteiger partial charge in [-0.05, 0) is 0 Å². The molecule has 58 valence electrons. The maximum absolute atomic E-state index is 9.68. The van der Waals surface area contributed by atoms with Crippen LogP contribution in [0, 0.1) is 10.8 Å². The monoisotopic (exact) mass is 166 g/mol. The molecule has 6 nitrogen and oxygen atoms in total. The molecule has 0 aliphatic carbocycles. The summed E-state index contributed by atoms with van der Waals surface area (Å²) in [4.78, 5) is 0. The fourth-order valence-corrected chi connectivity index (χ4v) is 0.402. The van der Waals surface area contributed by atoms with Gasteiger partial charge in [-0.3, -0.25) is 4.55 Å². The van der Waals surface area contributed by atoms with E-state index in [1.807, 2.05) is 0 Å². The molecule has 0 aliphatic rings. The molecule has 7 heteroatoms. The minimum Gasteiger partial charge on any atom is -0.264 e. The minimum absolute atomic E-state index is 0.196. The summed E-state index contributed by atoms with van der Waals surface area (Å²) < 4.78 is 31.0. The van der Waals surface area contributed by atoms with Crippen LogP contribution in [-0.2, 0) is 14.6 Å². The highest BCUT2D eigenvalue weighted by atomic mass is 32.3. The predicted octanol–water partition coefficient (Wildman–Crippen LogP) is 0.0220. The van der Waals surface area contributed by atoms with E-state index in [0.29, 0.717) is 0 Å². The normalized spacial score (nSPS) is 9.10. The van der Waals surface area contributed by atoms with Crippen molar-refractivity contribution in [2.75, 3.05) is 6.61 Å². The molecule has 0 radical (unpaired) electrons. The molecule has 0 saturated heterocycles. The second-order valence-corrected chi connectivity index (χ2v) is 2.09. The summed E-state index contributed by atoms with van der Waals surface area (Å²) in [7, 11) is -4.26. The standard InChI is InChI=1S/C3H6O4S.N2/c1-2-3-7-8(4,5)6;1-2/h2H,1,3H2,(H,4,5,6);. The lowest BCUT2D eigenvalue weighted by molar-refractivity contribution is 0.296. The quantitative estimate of drug-likeness (QED) is 0.359. The maximum atomic E-state index is 9.68. The Labute approximate surface area is 58.5 Å². The van der Waals surface area contributed by atoms with Crippen molar-refractivity contribution in [1.29, 1.82) is 10.8 Å². The van der Waals surface area contributed by atoms with Crippen LogP contribution in [0.1, 0.15) is 0 Å². The second-order valence-electron chi connectivity index (χ2n) is 1.00. The number of nitrogens with zero attached hydrogens (tertiary/aromatic N) is 2. The first-order valence-corrected chi connectivity index (χ1v) is 3.35. The second kappa shape index (κ2) is 6.15. The van der Waals surface area contributed by atoms with Crippen LogP contribution in [0.4, 0.5) is 0 Å². The van der Waals surface area contributed by atoms with Gasteiger partial charge in [0.2, 0.25) is 0 Å². The summed E-state index contributed by atoms with van der Waals surface area (Å²) in [6.07, 6.45) is 1.22. The van der Waals surface area contributed by atoms with E-state index in [4.69, 9.17) is 15.3 Å². The van der Waals surface area contributed by atoms with E-state index < -0.39 is 10.4 Å². The van der Waals surface area contributed by atoms with Crippen molar-refractivity contribution in [3.63, 3.8) is 0 Å². The van der Waals surface area contributed by atoms with Gasteiger partial charge in [0.05, 0.1) is 6.61 Å². The first kappa shape index (κ1) is 11.8. The van der Waals surface area contributed by atoms with Crippen molar-refractivity contribution in [2.24, 2.45) is 0 Å². The Morgan fingerprint density at radius 2 is 2.00 bits per heavy atom. The summed E-state index contributed by atoms with van der Waals surface area (Å²) in [6, 6.07) is 0. The third-order valence-corrected chi connectivity index (χ3v) is 0.769. The van der Waals surface area contributed by atoms with Crippen molar-refractivity contribution in [2.45, 2.75) is 0 Å². The predicted molar refractivity (Wildman–Crippen MR) is 31.1 cm³/mol. The molecule has 0 bridgehead atoms. The van der Waals surface area contributed by atoms with Gasteiger partial charge in [-0.25, -0.2) is 4.18 Å². The fraction of sp³-hybridized carbons (Fsp3) is 0.333. The van der Waals surface area contributed by atoms with Crippen LogP contribution in [0.3, 0.4) is 0 Å². The Kier molecular flexibility index (Phi) is 7.25. The largest absolute Gasteiger partial charge is 0.397 e. The average Bonchev–Trinajstić information content (AvgIpc) is 1.87. The molecule has 0 fully saturated rings. The van der Waals surface area contributed by atoms with Crippen LogP contribution in [0.5, 0.6) is 0 Å². The summed E-state index contributed by atoms with van der Waals surface area (Å²) in [5, 5.41) is 12.0. The van der Waals surface area contributed by atoms with Crippen LogP contribution in [-0.4, -0.2) is 19.6 Å². The van der Waals surface area contributed by atoms with E-state index >= 15 is 0 Å². The SMILES string of the molecule is C=CCOS(=O)(=O)O.N#N. The number of hydrogen-bond acceptors (Lipinski definition) is 5. The maximum Gasteiger partial charge on any atom is 0.397 e. The molecule has 0 spiro atoms. The number of rotatable bonds is 3. The summed E-state index contributed by atoms with van der Waals surface area (Å²) in [5.41, 5.74) is 0. The zero-order valence-electron chi connectivity index (χ0n) is 4.97. The molecule has 10 heavy (non-hydrogen) atoms. The van der Waals surface area contributed by atoms with Gasteiger partial charge in [0.25, 0.3) is 0 Å². The van der Waals surface area contributed by atoms with Crippen LogP contribution in [0.25, 0.3) is 0 Å². The Morgan fingerprint density at radius 1 is 1.60 bits per heavy atom. The van der Waals surface area contributed by atoms with E-state index in [1.54, 1.807) is 0 Å². The van der Waals surface area contributed by atoms with E-state index in [0.717, 1.165) is 0 Å². The highest BCUT2D eigenvalue weighted by molar-refractivity contribution is 7.80. The Hall–Kier alpha value is -0.970. The highest BCUT2D eigenvalue weighted by Crippen LogP contribution is 1.83. The highest BCUT2D eigenvalue weighted by Gasteiger charge is 1.99. The molecule has 0 aliphatic heterocycles. The summed E-state index contributed by atoms with van der Waals surface area (Å²) in [6.45, 7) is 2.97. The fourth-order valence-electron chi connectivity index (χ4n) is 0.134. The zero-order chi connectivity index (χ0) is 8.62. The van der Waals surface area contributed by atoms with E-state index in [-0.39, 0.29) is 6.61 Å². The molecule has 0 aromatic carbocycles. The molecular weight excluding hydrogens is 160 g/mol. The molecular formula is C3H6N2O4S. The van der Waals surface area contributed by atoms with Crippen LogP contribution in [0.2, 0.25) is 0 Å². The lowest BCUT2D eigenvalue weighted by Crippen LogP contribution is -2.02. The molecule has 0 saturated carbocycles. The summed E-state index contributed by atoms with van der Waals surface area (Å²) >= 11 is 0. The van der Waals surface area contributed by atoms with Crippen molar-refractivity contribution in [3.05, 3.63) is 12.7 Å². The molecule has 0 aromatic rings. The Bertz CT molecular complexity index is 194. The van der Waals surface area contributed by atoms with Gasteiger partial charge in [-0.2, -0.15) is 8.42 Å². The van der Waals surface area contributed by atoms with Gasteiger partial charge in [-0.1, -0.05) is 6.08 Å². The molecule has 1 N–H and O–H groups in total. The lowest BCUT2D eigenvalue weighted by Gasteiger charge is -1.90. The lowest BCUT2D eigenvalue weighted by atomic mass is 10.7. The van der Waals surface area contributed by atoms with Gasteiger partial charge in [0, 0.05) is 10.8 Å². The van der Waals surface area contributed by atoms with Crippen LogP contribution in [0.15, 0.2) is 12.7 Å². The third kappa shape index (κ3) is 15.7. The Morgan fingerprint density at radius 3 is 2.10 bits per heavy atom. The van der Waals surface area contributed by atoms with Crippen molar-refractivity contribution in [3.8, 4) is 0 Å². The average molecular weight is 166 g/mol. The van der Waals surface area contributed by atoms with E-state index in [9.17, 15) is 8.42 Å². The molecule has 0 aromatic heterocycles. The topological polar surface area (TPSA) is 111 Å². The molecule has 0 amide bonds. The smallest absolute Gasteiger partial charge is 0.264 e. The molecule has 0 heterocycles. The van der Waals surface area contributed by atoms with Gasteiger partial charge >= 0.3 is 10.4 Å². The van der Waals surface area contributed by atoms with E-state index in [2.05, 4.69) is 10.8 Å². The van der Waals surface area contributed by atoms with Crippen molar-refractivity contribution in [1.82, 2.24) is 0 Å². The molecule has 0 unspecified atom stereocenters. The third-order valence-electron chi connectivity index (χ3n) is 0.335. The zero-order valence-corrected chi connectivity index (χ0v) is 5.78. The van der Waals surface area contributed by atoms with Gasteiger partial charge < -0.3 is 0 Å². The van der Waals surface area contributed by atoms with Gasteiger partial charge in [0.15, 0.2) is 0 Å². The van der Waals surface area contributed by atoms with Gasteiger partial charge in [0.1, 0.15) is 0 Å². The van der Waals surface area contributed by atoms with Crippen LogP contribution < -0.4 is 0 Å². The first-order chi connectivity index (χ1) is 4.56.